The fourth-order valence-electron chi connectivity index (χ4n) is 1.41. The van der Waals surface area contributed by atoms with Crippen molar-refractivity contribution in [3.63, 3.8) is 0 Å². The molecule has 0 spiro atoms. The van der Waals surface area contributed by atoms with Gasteiger partial charge in [-0.3, -0.25) is 10.1 Å². The van der Waals surface area contributed by atoms with Crippen LogP contribution in [0, 0.1) is 6.92 Å². The second-order valence-corrected chi connectivity index (χ2v) is 4.28. The maximum atomic E-state index is 12.1. The molecule has 0 fully saturated rings. The van der Waals surface area contributed by atoms with E-state index < -0.39 is 0 Å². The summed E-state index contributed by atoms with van der Waals surface area (Å²) in [6.07, 6.45) is 1.64. The van der Waals surface area contributed by atoms with Crippen LogP contribution in [0.4, 0.5) is 10.9 Å². The van der Waals surface area contributed by atoms with Crippen molar-refractivity contribution in [2.75, 3.05) is 17.2 Å². The zero-order valence-corrected chi connectivity index (χ0v) is 10.9. The number of carbonyl (C=O) groups is 1. The predicted octanol–water partition coefficient (Wildman–Crippen LogP) is 1.93. The minimum absolute atomic E-state index is 0.241. The lowest BCUT2D eigenvalue weighted by atomic mass is 10.2. The summed E-state index contributed by atoms with van der Waals surface area (Å²) in [5.41, 5.74) is 0.493. The molecule has 0 saturated heterocycles. The Hall–Kier alpha value is -2.02. The van der Waals surface area contributed by atoms with Gasteiger partial charge in [-0.15, -0.1) is 0 Å². The Morgan fingerprint density at radius 2 is 2.33 bits per heavy atom. The van der Waals surface area contributed by atoms with Gasteiger partial charge in [0, 0.05) is 24.3 Å². The van der Waals surface area contributed by atoms with E-state index in [9.17, 15) is 4.79 Å². The van der Waals surface area contributed by atoms with E-state index in [0.717, 1.165) is 11.5 Å². The summed E-state index contributed by atoms with van der Waals surface area (Å²) in [6, 6.07) is 3.44. The highest BCUT2D eigenvalue weighted by atomic mass is 32.1. The van der Waals surface area contributed by atoms with Crippen LogP contribution in [0.3, 0.4) is 0 Å². The number of hydrogen-bond acceptors (Lipinski definition) is 6. The number of nitrogens with zero attached hydrogens (tertiary/aromatic N) is 3. The fraction of sp³-hybridized carbons (Fsp3) is 0.273. The van der Waals surface area contributed by atoms with Gasteiger partial charge in [-0.2, -0.15) is 4.37 Å². The highest BCUT2D eigenvalue weighted by Crippen LogP contribution is 2.15. The molecule has 0 bridgehead atoms. The van der Waals surface area contributed by atoms with Gasteiger partial charge in [-0.05, 0) is 26.0 Å². The lowest BCUT2D eigenvalue weighted by Crippen LogP contribution is -2.15. The van der Waals surface area contributed by atoms with Crippen molar-refractivity contribution in [2.45, 2.75) is 13.8 Å². The topological polar surface area (TPSA) is 79.8 Å². The molecule has 2 aromatic rings. The predicted molar refractivity (Wildman–Crippen MR) is 71.0 cm³/mol. The number of hydrogen-bond donors (Lipinski definition) is 2. The largest absolute Gasteiger partial charge is 0.370 e. The monoisotopic (exact) mass is 263 g/mol. The van der Waals surface area contributed by atoms with Crippen molar-refractivity contribution in [3.05, 3.63) is 29.7 Å². The van der Waals surface area contributed by atoms with Crippen LogP contribution in [0.25, 0.3) is 0 Å². The average molecular weight is 263 g/mol. The molecule has 0 aliphatic heterocycles. The highest BCUT2D eigenvalue weighted by molar-refractivity contribution is 7.09. The van der Waals surface area contributed by atoms with Gasteiger partial charge in [-0.25, -0.2) is 9.97 Å². The number of aromatic nitrogens is 3. The van der Waals surface area contributed by atoms with Crippen molar-refractivity contribution in [1.29, 1.82) is 0 Å². The first-order chi connectivity index (χ1) is 8.70. The van der Waals surface area contributed by atoms with E-state index in [2.05, 4.69) is 25.0 Å². The zero-order chi connectivity index (χ0) is 13.0. The molecular weight excluding hydrogens is 250 g/mol. The van der Waals surface area contributed by atoms with Crippen LogP contribution < -0.4 is 10.6 Å². The molecule has 18 heavy (non-hydrogen) atoms. The van der Waals surface area contributed by atoms with Gasteiger partial charge in [0.05, 0.1) is 5.56 Å². The number of nitrogens with one attached hydrogen (secondary N) is 2. The Morgan fingerprint density at radius 1 is 1.50 bits per heavy atom. The molecule has 0 aromatic carbocycles. The summed E-state index contributed by atoms with van der Waals surface area (Å²) >= 11 is 1.16. The van der Waals surface area contributed by atoms with E-state index in [0.29, 0.717) is 28.9 Å². The van der Waals surface area contributed by atoms with E-state index in [1.54, 1.807) is 25.3 Å². The number of pyridine rings is 1. The second kappa shape index (κ2) is 5.54. The summed E-state index contributed by atoms with van der Waals surface area (Å²) in [7, 11) is 0. The second-order valence-electron chi connectivity index (χ2n) is 3.53. The van der Waals surface area contributed by atoms with Gasteiger partial charge >= 0.3 is 0 Å². The van der Waals surface area contributed by atoms with Crippen LogP contribution in [0.5, 0.6) is 0 Å². The third-order valence-corrected chi connectivity index (χ3v) is 2.87. The number of anilines is 2. The molecule has 2 aromatic heterocycles. The molecule has 6 nitrogen and oxygen atoms in total. The summed E-state index contributed by atoms with van der Waals surface area (Å²) in [5.74, 6) is 0.974. The third kappa shape index (κ3) is 2.80. The molecule has 0 saturated carbocycles. The molecular formula is C11H13N5OS. The van der Waals surface area contributed by atoms with Gasteiger partial charge < -0.3 is 5.32 Å². The lowest BCUT2D eigenvalue weighted by molar-refractivity contribution is 0.102. The van der Waals surface area contributed by atoms with Crippen molar-refractivity contribution in [3.8, 4) is 0 Å². The average Bonchev–Trinajstić information content (AvgIpc) is 2.76. The molecule has 0 unspecified atom stereocenters. The molecule has 7 heteroatoms. The number of aryl methyl sites for hydroxylation is 1. The minimum atomic E-state index is -0.241. The number of rotatable bonds is 4. The van der Waals surface area contributed by atoms with Crippen LogP contribution in [-0.4, -0.2) is 26.8 Å². The Labute approximate surface area is 109 Å². The lowest BCUT2D eigenvalue weighted by Gasteiger charge is -2.07. The molecule has 94 valence electrons. The van der Waals surface area contributed by atoms with E-state index in [4.69, 9.17) is 0 Å². The van der Waals surface area contributed by atoms with Crippen LogP contribution in [0.2, 0.25) is 0 Å². The van der Waals surface area contributed by atoms with Crippen molar-refractivity contribution < 1.29 is 4.79 Å². The Balaban J connectivity index is 2.18. The summed E-state index contributed by atoms with van der Waals surface area (Å²) in [4.78, 5) is 20.3. The van der Waals surface area contributed by atoms with E-state index in [1.165, 1.54) is 0 Å². The molecule has 2 N–H and O–H groups in total. The first-order valence-corrected chi connectivity index (χ1v) is 6.28. The number of amides is 1. The molecule has 2 rings (SSSR count). The van der Waals surface area contributed by atoms with Gasteiger partial charge in [0.15, 0.2) is 0 Å². The van der Waals surface area contributed by atoms with Crippen molar-refractivity contribution in [1.82, 2.24) is 14.3 Å². The Morgan fingerprint density at radius 3 is 3.00 bits per heavy atom. The van der Waals surface area contributed by atoms with Crippen LogP contribution in [-0.2, 0) is 0 Å². The fourth-order valence-corrected chi connectivity index (χ4v) is 1.98. The molecule has 2 heterocycles. The normalized spacial score (nSPS) is 10.1. The van der Waals surface area contributed by atoms with Gasteiger partial charge in [0.25, 0.3) is 5.91 Å². The van der Waals surface area contributed by atoms with Crippen molar-refractivity contribution >= 4 is 28.4 Å². The SMILES string of the molecule is CCNc1ncccc1C(=O)Nc1nc(C)ns1. The third-order valence-electron chi connectivity index (χ3n) is 2.14. The van der Waals surface area contributed by atoms with Crippen molar-refractivity contribution in [2.24, 2.45) is 0 Å². The molecule has 0 atom stereocenters. The van der Waals surface area contributed by atoms with E-state index in [-0.39, 0.29) is 5.91 Å². The highest BCUT2D eigenvalue weighted by Gasteiger charge is 2.13. The van der Waals surface area contributed by atoms with Crippen LogP contribution in [0.1, 0.15) is 23.1 Å². The van der Waals surface area contributed by atoms with Crippen LogP contribution >= 0.6 is 11.5 Å². The van der Waals surface area contributed by atoms with E-state index >= 15 is 0 Å². The summed E-state index contributed by atoms with van der Waals surface area (Å²) in [6.45, 7) is 4.43. The first-order valence-electron chi connectivity index (χ1n) is 5.51. The maximum Gasteiger partial charge on any atom is 0.261 e. The van der Waals surface area contributed by atoms with E-state index in [1.807, 2.05) is 6.92 Å². The molecule has 0 radical (unpaired) electrons. The van der Waals surface area contributed by atoms with Crippen LogP contribution in [0.15, 0.2) is 18.3 Å². The molecule has 0 aliphatic rings. The standard InChI is InChI=1S/C11H13N5OS/c1-3-12-9-8(5-4-6-13-9)10(17)15-11-14-7(2)16-18-11/h4-6H,3H2,1-2H3,(H,12,13)(H,14,15,16,17). The smallest absolute Gasteiger partial charge is 0.261 e. The maximum absolute atomic E-state index is 12.1. The quantitative estimate of drug-likeness (QED) is 0.881. The minimum Gasteiger partial charge on any atom is -0.370 e. The Kier molecular flexibility index (Phi) is 3.83. The summed E-state index contributed by atoms with van der Waals surface area (Å²) < 4.78 is 4.01. The van der Waals surface area contributed by atoms with Gasteiger partial charge in [0.1, 0.15) is 11.6 Å². The number of carbonyl (C=O) groups excluding carboxylic acids is 1. The zero-order valence-electron chi connectivity index (χ0n) is 10.1. The van der Waals surface area contributed by atoms with Gasteiger partial charge in [-0.1, -0.05) is 0 Å². The molecule has 1 amide bonds. The Bertz CT molecular complexity index is 554. The molecule has 0 aliphatic carbocycles. The summed E-state index contributed by atoms with van der Waals surface area (Å²) in [5, 5.41) is 6.24. The first kappa shape index (κ1) is 12.4. The van der Waals surface area contributed by atoms with Gasteiger partial charge in [0.2, 0.25) is 5.13 Å².